The van der Waals surface area contributed by atoms with Gasteiger partial charge in [0.15, 0.2) is 0 Å². The van der Waals surface area contributed by atoms with Crippen LogP contribution in [0, 0.1) is 0 Å². The van der Waals surface area contributed by atoms with Crippen molar-refractivity contribution >= 4 is 11.6 Å². The van der Waals surface area contributed by atoms with Crippen LogP contribution in [0.1, 0.15) is 5.56 Å². The van der Waals surface area contributed by atoms with Gasteiger partial charge in [-0.25, -0.2) is 0 Å². The number of hydrogen-bond donors (Lipinski definition) is 1. The Kier molecular flexibility index (Phi) is 7.69. The smallest absolute Gasteiger partial charge is 0.416 e. The first-order chi connectivity index (χ1) is 20.9. The van der Waals surface area contributed by atoms with Gasteiger partial charge in [-0.05, 0) is 64.7 Å². The van der Waals surface area contributed by atoms with Crippen LogP contribution < -0.4 is 14.8 Å². The molecular formula is C34H23F3N4O2. The van der Waals surface area contributed by atoms with Gasteiger partial charge in [-0.2, -0.15) is 23.1 Å². The van der Waals surface area contributed by atoms with Gasteiger partial charge >= 0.3 is 18.2 Å². The van der Waals surface area contributed by atoms with Crippen molar-refractivity contribution in [2.24, 2.45) is 0 Å². The molecule has 212 valence electrons. The van der Waals surface area contributed by atoms with Crippen LogP contribution in [0.2, 0.25) is 0 Å². The lowest BCUT2D eigenvalue weighted by molar-refractivity contribution is -0.137. The number of anilines is 2. The van der Waals surface area contributed by atoms with Gasteiger partial charge in [0.1, 0.15) is 11.5 Å². The Morgan fingerprint density at radius 1 is 0.488 bits per heavy atom. The molecule has 0 aliphatic rings. The van der Waals surface area contributed by atoms with Gasteiger partial charge in [0.05, 0.1) is 5.56 Å². The molecule has 6 nitrogen and oxygen atoms in total. The van der Waals surface area contributed by atoms with E-state index in [2.05, 4.69) is 20.3 Å². The highest BCUT2D eigenvalue weighted by atomic mass is 19.4. The summed E-state index contributed by atoms with van der Waals surface area (Å²) in [6, 6.07) is 39.0. The molecule has 0 bridgehead atoms. The minimum absolute atomic E-state index is 0.0545. The highest BCUT2D eigenvalue weighted by molar-refractivity contribution is 5.65. The predicted molar refractivity (Wildman–Crippen MR) is 158 cm³/mol. The lowest BCUT2D eigenvalue weighted by atomic mass is 10.1. The van der Waals surface area contributed by atoms with Crippen molar-refractivity contribution in [3.8, 4) is 45.8 Å². The highest BCUT2D eigenvalue weighted by Crippen LogP contribution is 2.32. The third-order valence-electron chi connectivity index (χ3n) is 6.38. The number of benzene rings is 5. The van der Waals surface area contributed by atoms with Gasteiger partial charge < -0.3 is 14.8 Å². The normalized spacial score (nSPS) is 11.1. The van der Waals surface area contributed by atoms with Crippen molar-refractivity contribution in [1.29, 1.82) is 0 Å². The van der Waals surface area contributed by atoms with Crippen LogP contribution in [0.25, 0.3) is 22.3 Å². The molecule has 0 aliphatic carbocycles. The van der Waals surface area contributed by atoms with Crippen molar-refractivity contribution in [3.63, 3.8) is 0 Å². The maximum Gasteiger partial charge on any atom is 0.416 e. The molecule has 1 aromatic heterocycles. The predicted octanol–water partition coefficient (Wildman–Crippen LogP) is 9.55. The van der Waals surface area contributed by atoms with Crippen LogP contribution in [0.4, 0.5) is 24.8 Å². The summed E-state index contributed by atoms with van der Waals surface area (Å²) in [7, 11) is 0. The maximum atomic E-state index is 13.3. The molecule has 6 rings (SSSR count). The van der Waals surface area contributed by atoms with Crippen LogP contribution >= 0.6 is 0 Å². The van der Waals surface area contributed by atoms with Crippen molar-refractivity contribution in [1.82, 2.24) is 15.0 Å². The van der Waals surface area contributed by atoms with E-state index in [-0.39, 0.29) is 23.7 Å². The first-order valence-electron chi connectivity index (χ1n) is 13.3. The number of alkyl halides is 3. The van der Waals surface area contributed by atoms with Crippen molar-refractivity contribution in [2.75, 3.05) is 5.32 Å². The molecule has 0 fully saturated rings. The summed E-state index contributed by atoms with van der Waals surface area (Å²) in [6.45, 7) is 0. The largest absolute Gasteiger partial charge is 0.424 e. The van der Waals surface area contributed by atoms with E-state index in [4.69, 9.17) is 9.47 Å². The number of halogens is 3. The fourth-order valence-corrected chi connectivity index (χ4v) is 4.29. The molecule has 0 atom stereocenters. The van der Waals surface area contributed by atoms with E-state index in [1.807, 2.05) is 84.9 Å². The molecule has 0 unspecified atom stereocenters. The summed E-state index contributed by atoms with van der Waals surface area (Å²) in [6.07, 6.45) is -4.50. The van der Waals surface area contributed by atoms with Gasteiger partial charge in [0, 0.05) is 5.69 Å². The van der Waals surface area contributed by atoms with E-state index in [9.17, 15) is 13.2 Å². The minimum Gasteiger partial charge on any atom is -0.424 e. The number of aromatic nitrogens is 3. The van der Waals surface area contributed by atoms with E-state index in [1.54, 1.807) is 24.3 Å². The van der Waals surface area contributed by atoms with Crippen molar-refractivity contribution in [2.45, 2.75) is 6.18 Å². The summed E-state index contributed by atoms with van der Waals surface area (Å²) >= 11 is 0. The Labute approximate surface area is 245 Å². The average Bonchev–Trinajstić information content (AvgIpc) is 3.02. The molecule has 9 heteroatoms. The van der Waals surface area contributed by atoms with Crippen molar-refractivity contribution < 1.29 is 22.6 Å². The van der Waals surface area contributed by atoms with E-state index in [1.165, 1.54) is 12.1 Å². The summed E-state index contributed by atoms with van der Waals surface area (Å²) < 4.78 is 51.7. The van der Waals surface area contributed by atoms with E-state index >= 15 is 0 Å². The van der Waals surface area contributed by atoms with Crippen LogP contribution in [0.5, 0.6) is 23.5 Å². The molecule has 5 aromatic carbocycles. The summed E-state index contributed by atoms with van der Waals surface area (Å²) in [5.74, 6) is 0.851. The van der Waals surface area contributed by atoms with Gasteiger partial charge in [-0.15, -0.1) is 4.98 Å². The van der Waals surface area contributed by atoms with Crippen LogP contribution in [0.3, 0.4) is 0 Å². The van der Waals surface area contributed by atoms with Gasteiger partial charge in [-0.3, -0.25) is 0 Å². The lowest BCUT2D eigenvalue weighted by Gasteiger charge is -2.12. The second-order valence-corrected chi connectivity index (χ2v) is 9.41. The molecule has 0 aliphatic heterocycles. The zero-order valence-electron chi connectivity index (χ0n) is 22.5. The fraction of sp³-hybridized carbons (Fsp3) is 0.0294. The Morgan fingerprint density at radius 3 is 1.42 bits per heavy atom. The molecule has 0 spiro atoms. The number of ether oxygens (including phenoxy) is 2. The van der Waals surface area contributed by atoms with Gasteiger partial charge in [0.25, 0.3) is 0 Å². The van der Waals surface area contributed by atoms with E-state index in [0.717, 1.165) is 34.4 Å². The third-order valence-corrected chi connectivity index (χ3v) is 6.38. The number of hydrogen-bond acceptors (Lipinski definition) is 6. The summed E-state index contributed by atoms with van der Waals surface area (Å²) in [5, 5.41) is 2.81. The van der Waals surface area contributed by atoms with Crippen LogP contribution in [-0.2, 0) is 6.18 Å². The molecule has 43 heavy (non-hydrogen) atoms. The Morgan fingerprint density at radius 2 is 0.953 bits per heavy atom. The zero-order chi connectivity index (χ0) is 29.6. The van der Waals surface area contributed by atoms with Crippen LogP contribution in [-0.4, -0.2) is 15.0 Å². The highest BCUT2D eigenvalue weighted by Gasteiger charge is 2.30. The van der Waals surface area contributed by atoms with E-state index < -0.39 is 11.7 Å². The molecule has 0 saturated heterocycles. The van der Waals surface area contributed by atoms with Crippen LogP contribution in [0.15, 0.2) is 133 Å². The molecule has 0 amide bonds. The molecule has 1 heterocycles. The van der Waals surface area contributed by atoms with Gasteiger partial charge in [0.2, 0.25) is 5.95 Å². The zero-order valence-corrected chi connectivity index (χ0v) is 22.5. The average molecular weight is 577 g/mol. The minimum atomic E-state index is -4.50. The molecule has 1 N–H and O–H groups in total. The molecular weight excluding hydrogens is 553 g/mol. The lowest BCUT2D eigenvalue weighted by Crippen LogP contribution is -2.07. The maximum absolute atomic E-state index is 13.3. The number of nitrogens with one attached hydrogen (secondary N) is 1. The SMILES string of the molecule is FC(F)(F)c1cccc(Nc2nc(Oc3ccc(-c4ccccc4)cc3)nc(Oc3ccc(-c4ccccc4)cc3)n2)c1. The summed E-state index contributed by atoms with van der Waals surface area (Å²) in [4.78, 5) is 12.8. The quantitative estimate of drug-likeness (QED) is 0.195. The van der Waals surface area contributed by atoms with Gasteiger partial charge in [-0.1, -0.05) is 91.0 Å². The summed E-state index contributed by atoms with van der Waals surface area (Å²) in [5.41, 5.74) is 3.43. The fourth-order valence-electron chi connectivity index (χ4n) is 4.29. The monoisotopic (exact) mass is 576 g/mol. The number of rotatable bonds is 8. The second-order valence-electron chi connectivity index (χ2n) is 9.41. The third kappa shape index (κ3) is 6.97. The first kappa shape index (κ1) is 27.5. The standard InChI is InChI=1S/C34H23F3N4O2/c35-34(36,37)27-12-7-13-28(22-27)38-31-39-32(42-29-18-14-25(15-19-29)23-8-3-1-4-9-23)41-33(40-31)43-30-20-16-26(17-21-30)24-10-5-2-6-11-24/h1-22H,(H,38,39,40,41). The number of nitrogens with zero attached hydrogens (tertiary/aromatic N) is 3. The molecule has 6 aromatic rings. The Bertz CT molecular complexity index is 1710. The molecule has 0 saturated carbocycles. The first-order valence-corrected chi connectivity index (χ1v) is 13.3. The van der Waals surface area contributed by atoms with E-state index in [0.29, 0.717) is 11.5 Å². The molecule has 0 radical (unpaired) electrons. The van der Waals surface area contributed by atoms with Crippen molar-refractivity contribution in [3.05, 3.63) is 139 Å². The second kappa shape index (κ2) is 12.0. The Balaban J connectivity index is 1.28. The topological polar surface area (TPSA) is 69.2 Å². The Hall–Kier alpha value is -5.70.